The van der Waals surface area contributed by atoms with Crippen molar-refractivity contribution in [3.05, 3.63) is 35.9 Å². The SMILES string of the molecule is CC(C)S(=O)(=O)C1CCN(c2ncnn3c(/C(N)=C/C(C#N)=C\N)cc(N4CCOCC4)c23)CC1. The van der Waals surface area contributed by atoms with Crippen molar-refractivity contribution in [2.75, 3.05) is 49.2 Å². The summed E-state index contributed by atoms with van der Waals surface area (Å²) in [6, 6.07) is 3.96. The van der Waals surface area contributed by atoms with Crippen molar-refractivity contribution >= 4 is 32.6 Å². The van der Waals surface area contributed by atoms with Crippen molar-refractivity contribution in [1.29, 1.82) is 5.26 Å². The fourth-order valence-corrected chi connectivity index (χ4v) is 6.27. The van der Waals surface area contributed by atoms with E-state index >= 15 is 0 Å². The first-order chi connectivity index (χ1) is 16.8. The number of morpholine rings is 1. The molecule has 2 aromatic rings. The third-order valence-electron chi connectivity index (χ3n) is 6.65. The van der Waals surface area contributed by atoms with E-state index < -0.39 is 9.84 Å². The quantitative estimate of drug-likeness (QED) is 0.434. The maximum Gasteiger partial charge on any atom is 0.158 e. The van der Waals surface area contributed by atoms with Crippen molar-refractivity contribution in [1.82, 2.24) is 14.6 Å². The molecule has 188 valence electrons. The molecule has 0 amide bonds. The minimum Gasteiger partial charge on any atom is -0.404 e. The van der Waals surface area contributed by atoms with E-state index in [4.69, 9.17) is 16.2 Å². The third kappa shape index (κ3) is 4.78. The average Bonchev–Trinajstić information content (AvgIpc) is 3.28. The molecule has 0 spiro atoms. The van der Waals surface area contributed by atoms with Gasteiger partial charge in [0.15, 0.2) is 15.7 Å². The maximum absolute atomic E-state index is 12.7. The molecule has 0 aliphatic carbocycles. The molecule has 2 fully saturated rings. The molecule has 2 aromatic heterocycles. The highest BCUT2D eigenvalue weighted by Gasteiger charge is 2.34. The van der Waals surface area contributed by atoms with E-state index in [1.165, 1.54) is 18.6 Å². The fraction of sp³-hybridized carbons (Fsp3) is 0.522. The van der Waals surface area contributed by atoms with Gasteiger partial charge in [-0.1, -0.05) is 0 Å². The second-order valence-corrected chi connectivity index (χ2v) is 11.8. The van der Waals surface area contributed by atoms with Gasteiger partial charge in [0.1, 0.15) is 17.9 Å². The summed E-state index contributed by atoms with van der Waals surface area (Å²) in [6.07, 6.45) is 5.30. The molecular weight excluding hydrogens is 468 g/mol. The van der Waals surface area contributed by atoms with E-state index in [1.807, 2.05) is 12.1 Å². The lowest BCUT2D eigenvalue weighted by Crippen LogP contribution is -2.42. The highest BCUT2D eigenvalue weighted by molar-refractivity contribution is 7.92. The predicted molar refractivity (Wildman–Crippen MR) is 135 cm³/mol. The number of hydrogen-bond donors (Lipinski definition) is 2. The summed E-state index contributed by atoms with van der Waals surface area (Å²) in [5, 5.41) is 13.0. The van der Waals surface area contributed by atoms with E-state index in [0.717, 1.165) is 17.0 Å². The van der Waals surface area contributed by atoms with Crippen LogP contribution in [0.2, 0.25) is 0 Å². The second-order valence-electron chi connectivity index (χ2n) is 9.02. The van der Waals surface area contributed by atoms with Crippen molar-refractivity contribution < 1.29 is 13.2 Å². The van der Waals surface area contributed by atoms with Gasteiger partial charge >= 0.3 is 0 Å². The molecule has 4 N–H and O–H groups in total. The molecule has 2 aliphatic heterocycles. The lowest BCUT2D eigenvalue weighted by atomic mass is 10.1. The first-order valence-electron chi connectivity index (χ1n) is 11.7. The molecule has 0 bridgehead atoms. The number of sulfone groups is 1. The Kier molecular flexibility index (Phi) is 7.18. The van der Waals surface area contributed by atoms with Crippen LogP contribution in [-0.4, -0.2) is 72.9 Å². The topological polar surface area (TPSA) is 156 Å². The van der Waals surface area contributed by atoms with Crippen LogP contribution < -0.4 is 21.3 Å². The van der Waals surface area contributed by atoms with Gasteiger partial charge in [0, 0.05) is 32.4 Å². The Morgan fingerprint density at radius 1 is 1.23 bits per heavy atom. The Morgan fingerprint density at radius 3 is 2.51 bits per heavy atom. The van der Waals surface area contributed by atoms with E-state index in [1.54, 1.807) is 18.4 Å². The average molecular weight is 501 g/mol. The Morgan fingerprint density at radius 2 is 1.91 bits per heavy atom. The first-order valence-corrected chi connectivity index (χ1v) is 13.4. The third-order valence-corrected chi connectivity index (χ3v) is 9.36. The summed E-state index contributed by atoms with van der Waals surface area (Å²) in [6.45, 7) is 7.25. The number of nitrogens with two attached hydrogens (primary N) is 2. The standard InChI is InChI=1S/C23H32N8O3S/c1-16(2)35(32,33)18-3-5-30(6-4-18)23-22-21(29-7-9-34-10-8-29)12-20(31(22)28-15-27-23)19(26)11-17(13-24)14-25/h11-13,15-16,18H,3-10,24,26H2,1-2H3/b17-13+,19-11-. The van der Waals surface area contributed by atoms with Crippen molar-refractivity contribution in [3.8, 4) is 6.07 Å². The first kappa shape index (κ1) is 24.8. The number of nitriles is 1. The minimum atomic E-state index is -3.15. The zero-order chi connectivity index (χ0) is 25.2. The molecule has 35 heavy (non-hydrogen) atoms. The number of hydrogen-bond acceptors (Lipinski definition) is 10. The summed E-state index contributed by atoms with van der Waals surface area (Å²) < 4.78 is 32.7. The molecule has 11 nitrogen and oxygen atoms in total. The molecule has 12 heteroatoms. The molecule has 2 saturated heterocycles. The number of nitrogens with zero attached hydrogens (tertiary/aromatic N) is 6. The molecular formula is C23H32N8O3S. The van der Waals surface area contributed by atoms with Crippen LogP contribution in [0.1, 0.15) is 32.4 Å². The molecule has 0 aromatic carbocycles. The number of ether oxygens (including phenoxy) is 1. The smallest absolute Gasteiger partial charge is 0.158 e. The molecule has 0 atom stereocenters. The van der Waals surface area contributed by atoms with Crippen molar-refractivity contribution in [2.24, 2.45) is 11.5 Å². The molecule has 4 heterocycles. The number of piperidine rings is 1. The Bertz CT molecular complexity index is 1280. The van der Waals surface area contributed by atoms with Crippen LogP contribution in [0.3, 0.4) is 0 Å². The van der Waals surface area contributed by atoms with Crippen LogP contribution in [0.15, 0.2) is 30.2 Å². The number of anilines is 2. The Hall–Kier alpha value is -3.30. The van der Waals surface area contributed by atoms with Gasteiger partial charge in [-0.2, -0.15) is 10.4 Å². The summed E-state index contributed by atoms with van der Waals surface area (Å²) in [5.41, 5.74) is 14.9. The monoisotopic (exact) mass is 500 g/mol. The largest absolute Gasteiger partial charge is 0.404 e. The van der Waals surface area contributed by atoms with Crippen LogP contribution in [0.5, 0.6) is 0 Å². The molecule has 4 rings (SSSR count). The predicted octanol–water partition coefficient (Wildman–Crippen LogP) is 1.02. The van der Waals surface area contributed by atoms with Gasteiger partial charge in [-0.25, -0.2) is 17.9 Å². The summed E-state index contributed by atoms with van der Waals surface area (Å²) in [4.78, 5) is 8.95. The molecule has 2 aliphatic rings. The number of allylic oxidation sites excluding steroid dienone is 2. The lowest BCUT2D eigenvalue weighted by Gasteiger charge is -2.34. The molecule has 0 saturated carbocycles. The van der Waals surface area contributed by atoms with Gasteiger partial charge in [-0.15, -0.1) is 0 Å². The number of aromatic nitrogens is 3. The van der Waals surface area contributed by atoms with Crippen molar-refractivity contribution in [3.63, 3.8) is 0 Å². The van der Waals surface area contributed by atoms with Gasteiger partial charge in [0.25, 0.3) is 0 Å². The summed E-state index contributed by atoms with van der Waals surface area (Å²) >= 11 is 0. The Labute approximate surface area is 205 Å². The highest BCUT2D eigenvalue weighted by Crippen LogP contribution is 2.35. The van der Waals surface area contributed by atoms with Gasteiger partial charge in [-0.05, 0) is 38.8 Å². The van der Waals surface area contributed by atoms with Gasteiger partial charge in [0.2, 0.25) is 0 Å². The van der Waals surface area contributed by atoms with Crippen LogP contribution >= 0.6 is 0 Å². The van der Waals surface area contributed by atoms with Crippen molar-refractivity contribution in [2.45, 2.75) is 37.2 Å². The summed E-state index contributed by atoms with van der Waals surface area (Å²) in [5.74, 6) is 0.732. The molecule has 0 unspecified atom stereocenters. The number of fused-ring (bicyclic) bond motifs is 1. The van der Waals surface area contributed by atoms with Gasteiger partial charge < -0.3 is 26.0 Å². The van der Waals surface area contributed by atoms with Crippen LogP contribution in [-0.2, 0) is 14.6 Å². The van der Waals surface area contributed by atoms with Crippen LogP contribution in [0, 0.1) is 11.3 Å². The highest BCUT2D eigenvalue weighted by atomic mass is 32.2. The minimum absolute atomic E-state index is 0.244. The molecule has 0 radical (unpaired) electrons. The van der Waals surface area contributed by atoms with E-state index in [-0.39, 0.29) is 16.1 Å². The second kappa shape index (κ2) is 10.1. The zero-order valence-corrected chi connectivity index (χ0v) is 20.9. The number of rotatable bonds is 6. The Balaban J connectivity index is 1.77. The van der Waals surface area contributed by atoms with Gasteiger partial charge in [-0.3, -0.25) is 0 Å². The zero-order valence-electron chi connectivity index (χ0n) is 20.1. The van der Waals surface area contributed by atoms with Crippen LogP contribution in [0.25, 0.3) is 11.2 Å². The lowest BCUT2D eigenvalue weighted by molar-refractivity contribution is 0.123. The van der Waals surface area contributed by atoms with E-state index in [2.05, 4.69) is 19.9 Å². The normalized spacial score (nSPS) is 18.9. The maximum atomic E-state index is 12.7. The van der Waals surface area contributed by atoms with E-state index in [0.29, 0.717) is 63.6 Å². The van der Waals surface area contributed by atoms with E-state index in [9.17, 15) is 13.7 Å². The van der Waals surface area contributed by atoms with Gasteiger partial charge in [0.05, 0.1) is 46.4 Å². The summed E-state index contributed by atoms with van der Waals surface area (Å²) in [7, 11) is -3.15. The fourth-order valence-electron chi connectivity index (χ4n) is 4.63. The van der Waals surface area contributed by atoms with Crippen LogP contribution in [0.4, 0.5) is 11.5 Å².